The zero-order valence-corrected chi connectivity index (χ0v) is 16.9. The monoisotopic (exact) mass is 379 g/mol. The van der Waals surface area contributed by atoms with Crippen molar-refractivity contribution in [1.82, 2.24) is 10.2 Å². The molecule has 1 N–H and O–H groups in total. The zero-order chi connectivity index (χ0) is 20.1. The second kappa shape index (κ2) is 8.57. The van der Waals surface area contributed by atoms with E-state index in [2.05, 4.69) is 10.2 Å². The molecule has 0 unspecified atom stereocenters. The topological polar surface area (TPSA) is 52.7 Å². The number of hydrogen-bond acceptors (Lipinski definition) is 3. The Morgan fingerprint density at radius 3 is 2.46 bits per heavy atom. The average Bonchev–Trinajstić information content (AvgIpc) is 2.88. The van der Waals surface area contributed by atoms with E-state index in [0.717, 1.165) is 29.8 Å². The van der Waals surface area contributed by atoms with Gasteiger partial charge >= 0.3 is 0 Å². The normalized spacial score (nSPS) is 18.4. The van der Waals surface area contributed by atoms with Gasteiger partial charge in [-0.25, -0.2) is 0 Å². The summed E-state index contributed by atoms with van der Waals surface area (Å²) in [6.07, 6.45) is 1.55. The highest BCUT2D eigenvalue weighted by Gasteiger charge is 2.50. The Morgan fingerprint density at radius 2 is 1.75 bits per heavy atom. The van der Waals surface area contributed by atoms with Crippen LogP contribution in [0.1, 0.15) is 24.0 Å². The Bertz CT molecular complexity index is 835. The third-order valence-electron chi connectivity index (χ3n) is 5.41. The van der Waals surface area contributed by atoms with Gasteiger partial charge in [-0.1, -0.05) is 48.5 Å². The number of anilines is 1. The fraction of sp³-hybridized carbons (Fsp3) is 0.391. The van der Waals surface area contributed by atoms with Gasteiger partial charge in [-0.3, -0.25) is 9.59 Å². The molecular weight excluding hydrogens is 350 g/mol. The van der Waals surface area contributed by atoms with Crippen LogP contribution < -0.4 is 10.2 Å². The molecule has 5 heteroatoms. The van der Waals surface area contributed by atoms with Gasteiger partial charge in [0.25, 0.3) is 0 Å². The number of para-hydroxylation sites is 1. The van der Waals surface area contributed by atoms with E-state index < -0.39 is 5.41 Å². The van der Waals surface area contributed by atoms with E-state index in [1.165, 1.54) is 0 Å². The van der Waals surface area contributed by atoms with Crippen LogP contribution in [0.2, 0.25) is 0 Å². The molecule has 2 amide bonds. The molecule has 1 heterocycles. The van der Waals surface area contributed by atoms with Gasteiger partial charge in [0.05, 0.1) is 5.41 Å². The molecule has 148 valence electrons. The van der Waals surface area contributed by atoms with E-state index in [-0.39, 0.29) is 18.2 Å². The van der Waals surface area contributed by atoms with Gasteiger partial charge in [0.15, 0.2) is 0 Å². The van der Waals surface area contributed by atoms with Crippen LogP contribution in [-0.2, 0) is 21.4 Å². The first-order valence-electron chi connectivity index (χ1n) is 9.77. The SMILES string of the molecule is CN(C)CCCNC(=O)C[C@@]1(Cc2ccccc2)C(=O)N(C)c2ccccc21. The maximum absolute atomic E-state index is 13.4. The molecule has 5 nitrogen and oxygen atoms in total. The molecule has 1 aliphatic heterocycles. The van der Waals surface area contributed by atoms with Crippen molar-refractivity contribution in [2.75, 3.05) is 39.1 Å². The number of rotatable bonds is 8. The van der Waals surface area contributed by atoms with E-state index >= 15 is 0 Å². The molecule has 0 bridgehead atoms. The van der Waals surface area contributed by atoms with Crippen molar-refractivity contribution in [2.45, 2.75) is 24.7 Å². The summed E-state index contributed by atoms with van der Waals surface area (Å²) in [6.45, 7) is 1.53. The predicted molar refractivity (Wildman–Crippen MR) is 112 cm³/mol. The van der Waals surface area contributed by atoms with Crippen LogP contribution in [0.25, 0.3) is 0 Å². The Balaban J connectivity index is 1.86. The Hall–Kier alpha value is -2.66. The number of nitrogens with zero attached hydrogens (tertiary/aromatic N) is 2. The molecule has 0 radical (unpaired) electrons. The third kappa shape index (κ3) is 4.09. The molecule has 0 saturated heterocycles. The standard InChI is InChI=1S/C23H29N3O2/c1-25(2)15-9-14-24-21(27)17-23(16-18-10-5-4-6-11-18)19-12-7-8-13-20(19)26(3)22(23)28/h4-8,10-13H,9,14-17H2,1-3H3,(H,24,27)/t23-/m1/s1. The molecule has 3 rings (SSSR count). The molecule has 0 spiro atoms. The predicted octanol–water partition coefficient (Wildman–Crippen LogP) is 2.60. The van der Waals surface area contributed by atoms with E-state index in [1.807, 2.05) is 68.7 Å². The zero-order valence-electron chi connectivity index (χ0n) is 16.9. The lowest BCUT2D eigenvalue weighted by molar-refractivity contribution is -0.129. The highest BCUT2D eigenvalue weighted by molar-refractivity contribution is 6.09. The molecule has 0 fully saturated rings. The lowest BCUT2D eigenvalue weighted by Crippen LogP contribution is -2.44. The van der Waals surface area contributed by atoms with E-state index in [0.29, 0.717) is 13.0 Å². The number of likely N-dealkylation sites (N-methyl/N-ethyl adjacent to an activating group) is 1. The summed E-state index contributed by atoms with van der Waals surface area (Å²) in [5.74, 6) is -0.0888. The summed E-state index contributed by atoms with van der Waals surface area (Å²) in [6, 6.07) is 17.8. The molecule has 1 atom stereocenters. The number of carbonyl (C=O) groups is 2. The maximum atomic E-state index is 13.4. The van der Waals surface area contributed by atoms with Gasteiger partial charge in [-0.2, -0.15) is 0 Å². The van der Waals surface area contributed by atoms with Crippen LogP contribution in [0.4, 0.5) is 5.69 Å². The van der Waals surface area contributed by atoms with Gasteiger partial charge in [-0.05, 0) is 50.7 Å². The van der Waals surface area contributed by atoms with Crippen LogP contribution in [0.5, 0.6) is 0 Å². The van der Waals surface area contributed by atoms with Crippen molar-refractivity contribution in [3.63, 3.8) is 0 Å². The summed E-state index contributed by atoms with van der Waals surface area (Å²) in [4.78, 5) is 30.0. The van der Waals surface area contributed by atoms with E-state index in [1.54, 1.807) is 11.9 Å². The number of fused-ring (bicyclic) bond motifs is 1. The first kappa shape index (κ1) is 20.1. The Labute approximate surface area is 167 Å². The third-order valence-corrected chi connectivity index (χ3v) is 5.41. The molecular formula is C23H29N3O2. The fourth-order valence-electron chi connectivity index (χ4n) is 4.02. The van der Waals surface area contributed by atoms with Crippen molar-refractivity contribution in [3.05, 3.63) is 65.7 Å². The van der Waals surface area contributed by atoms with Gasteiger partial charge in [0.1, 0.15) is 0 Å². The average molecular weight is 380 g/mol. The number of amides is 2. The quantitative estimate of drug-likeness (QED) is 0.718. The number of benzene rings is 2. The Kier molecular flexibility index (Phi) is 6.15. The first-order chi connectivity index (χ1) is 13.4. The number of nitrogens with one attached hydrogen (secondary N) is 1. The number of hydrogen-bond donors (Lipinski definition) is 1. The fourth-order valence-corrected chi connectivity index (χ4v) is 4.02. The van der Waals surface area contributed by atoms with Gasteiger partial charge in [0.2, 0.25) is 11.8 Å². The van der Waals surface area contributed by atoms with Crippen molar-refractivity contribution < 1.29 is 9.59 Å². The maximum Gasteiger partial charge on any atom is 0.238 e. The van der Waals surface area contributed by atoms with Crippen molar-refractivity contribution in [2.24, 2.45) is 0 Å². The van der Waals surface area contributed by atoms with Crippen LogP contribution in [0.15, 0.2) is 54.6 Å². The van der Waals surface area contributed by atoms with Crippen molar-refractivity contribution >= 4 is 17.5 Å². The Morgan fingerprint density at radius 1 is 1.07 bits per heavy atom. The highest BCUT2D eigenvalue weighted by atomic mass is 16.2. The van der Waals surface area contributed by atoms with Gasteiger partial charge in [-0.15, -0.1) is 0 Å². The van der Waals surface area contributed by atoms with Gasteiger partial charge in [0, 0.05) is 25.7 Å². The molecule has 2 aromatic carbocycles. The van der Waals surface area contributed by atoms with Crippen LogP contribution >= 0.6 is 0 Å². The smallest absolute Gasteiger partial charge is 0.238 e. The summed E-state index contributed by atoms with van der Waals surface area (Å²) in [5.41, 5.74) is 2.03. The van der Waals surface area contributed by atoms with Crippen molar-refractivity contribution in [3.8, 4) is 0 Å². The summed E-state index contributed by atoms with van der Waals surface area (Å²) in [5, 5.41) is 3.01. The summed E-state index contributed by atoms with van der Waals surface area (Å²) < 4.78 is 0. The molecule has 0 aromatic heterocycles. The second-order valence-electron chi connectivity index (χ2n) is 7.81. The summed E-state index contributed by atoms with van der Waals surface area (Å²) >= 11 is 0. The molecule has 1 aliphatic rings. The minimum absolute atomic E-state index is 0.0130. The first-order valence-corrected chi connectivity index (χ1v) is 9.77. The minimum atomic E-state index is -0.863. The van der Waals surface area contributed by atoms with E-state index in [4.69, 9.17) is 0 Å². The molecule has 0 saturated carbocycles. The van der Waals surface area contributed by atoms with Crippen LogP contribution in [0.3, 0.4) is 0 Å². The lowest BCUT2D eigenvalue weighted by Gasteiger charge is -2.28. The molecule has 28 heavy (non-hydrogen) atoms. The summed E-state index contributed by atoms with van der Waals surface area (Å²) in [7, 11) is 5.82. The van der Waals surface area contributed by atoms with Crippen molar-refractivity contribution in [1.29, 1.82) is 0 Å². The minimum Gasteiger partial charge on any atom is -0.356 e. The highest BCUT2D eigenvalue weighted by Crippen LogP contribution is 2.45. The molecule has 2 aromatic rings. The van der Waals surface area contributed by atoms with Crippen LogP contribution in [-0.4, -0.2) is 50.9 Å². The largest absolute Gasteiger partial charge is 0.356 e. The number of carbonyl (C=O) groups excluding carboxylic acids is 2. The molecule has 0 aliphatic carbocycles. The second-order valence-corrected chi connectivity index (χ2v) is 7.81. The lowest BCUT2D eigenvalue weighted by atomic mass is 9.73. The van der Waals surface area contributed by atoms with Crippen LogP contribution in [0, 0.1) is 0 Å². The van der Waals surface area contributed by atoms with Gasteiger partial charge < -0.3 is 15.1 Å². The van der Waals surface area contributed by atoms with E-state index in [9.17, 15) is 9.59 Å².